The number of nitrogens with zero attached hydrogens (tertiary/aromatic N) is 1. The summed E-state index contributed by atoms with van der Waals surface area (Å²) in [6, 6.07) is 5.19. The molecule has 0 bridgehead atoms. The first-order chi connectivity index (χ1) is 13.1. The van der Waals surface area contributed by atoms with E-state index in [-0.39, 0.29) is 34.3 Å². The number of rotatable bonds is 7. The van der Waals surface area contributed by atoms with Gasteiger partial charge in [-0.25, -0.2) is 17.9 Å². The van der Waals surface area contributed by atoms with E-state index in [1.165, 1.54) is 24.3 Å². The largest absolute Gasteiger partial charge is 0.465 e. The van der Waals surface area contributed by atoms with Crippen molar-refractivity contribution in [2.75, 3.05) is 11.1 Å². The molecule has 12 heteroatoms. The third-order valence-corrected chi connectivity index (χ3v) is 5.81. The van der Waals surface area contributed by atoms with Crippen LogP contribution in [0.2, 0.25) is 0 Å². The van der Waals surface area contributed by atoms with Crippen LogP contribution in [-0.4, -0.2) is 36.2 Å². The topological polar surface area (TPSA) is 177 Å². The molecule has 6 N–H and O–H groups in total. The number of carboxylic acid groups (broad SMARTS) is 1. The number of anilines is 2. The Morgan fingerprint density at radius 2 is 2.04 bits per heavy atom. The van der Waals surface area contributed by atoms with Crippen LogP contribution in [0.5, 0.6) is 0 Å². The van der Waals surface area contributed by atoms with Crippen molar-refractivity contribution < 1.29 is 27.6 Å². The van der Waals surface area contributed by atoms with Crippen LogP contribution in [0, 0.1) is 0 Å². The molecule has 11 nitrogen and oxygen atoms in total. The maximum absolute atomic E-state index is 12.5. The second-order valence-corrected chi connectivity index (χ2v) is 8.39. The molecular weight excluding hydrogens is 390 g/mol. The Morgan fingerprint density at radius 1 is 1.32 bits per heavy atom. The summed E-state index contributed by atoms with van der Waals surface area (Å²) < 4.78 is 32.5. The third kappa shape index (κ3) is 4.58. The first kappa shape index (κ1) is 19.6. The number of sulfonamides is 1. The molecule has 1 saturated carbocycles. The van der Waals surface area contributed by atoms with Crippen LogP contribution in [0.1, 0.15) is 35.9 Å². The summed E-state index contributed by atoms with van der Waals surface area (Å²) in [7, 11) is -3.78. The number of nitrogens with two attached hydrogens (primary N) is 1. The van der Waals surface area contributed by atoms with E-state index in [2.05, 4.69) is 15.2 Å². The molecule has 150 valence electrons. The number of aromatic nitrogens is 1. The lowest BCUT2D eigenvalue weighted by molar-refractivity contribution is 0.0947. The van der Waals surface area contributed by atoms with E-state index in [0.29, 0.717) is 0 Å². The van der Waals surface area contributed by atoms with Gasteiger partial charge in [-0.05, 0) is 38.0 Å². The number of carbonyl (C=O) groups excluding carboxylic acids is 1. The standard InChI is InChI=1S/C16H19N5O6S/c1-16(4-5-16)21-28(25,26)10-2-3-12(17)11(7-10)14(22)18-8-9-6-13(20-27-9)19-15(23)24/h2-3,6-7,21H,4-5,8,17H2,1H3,(H,18,22)(H,19,20)(H,23,24). The Balaban J connectivity index is 1.71. The lowest BCUT2D eigenvalue weighted by Crippen LogP contribution is -2.34. The fraction of sp³-hybridized carbons (Fsp3) is 0.312. The van der Waals surface area contributed by atoms with Gasteiger partial charge in [0.05, 0.1) is 17.0 Å². The van der Waals surface area contributed by atoms with Crippen LogP contribution in [0.4, 0.5) is 16.3 Å². The Kier molecular flexibility index (Phi) is 5.00. The quantitative estimate of drug-likeness (QED) is 0.422. The summed E-state index contributed by atoms with van der Waals surface area (Å²) in [5.74, 6) is -0.442. The van der Waals surface area contributed by atoms with Crippen molar-refractivity contribution >= 4 is 33.5 Å². The molecule has 3 rings (SSSR count). The minimum Gasteiger partial charge on any atom is -0.465 e. The van der Waals surface area contributed by atoms with E-state index in [0.717, 1.165) is 12.8 Å². The van der Waals surface area contributed by atoms with Crippen molar-refractivity contribution in [1.29, 1.82) is 0 Å². The molecule has 1 aromatic heterocycles. The number of nitrogen functional groups attached to an aromatic ring is 1. The molecule has 1 aliphatic carbocycles. The van der Waals surface area contributed by atoms with E-state index >= 15 is 0 Å². The number of amides is 2. The molecule has 0 unspecified atom stereocenters. The highest BCUT2D eigenvalue weighted by molar-refractivity contribution is 7.89. The van der Waals surface area contributed by atoms with Gasteiger partial charge in [-0.2, -0.15) is 0 Å². The van der Waals surface area contributed by atoms with Crippen LogP contribution < -0.4 is 21.1 Å². The van der Waals surface area contributed by atoms with Crippen molar-refractivity contribution in [3.05, 3.63) is 35.6 Å². The first-order valence-electron chi connectivity index (χ1n) is 8.25. The lowest BCUT2D eigenvalue weighted by Gasteiger charge is -2.14. The van der Waals surface area contributed by atoms with Gasteiger partial charge in [-0.15, -0.1) is 0 Å². The zero-order chi connectivity index (χ0) is 20.5. The molecule has 0 radical (unpaired) electrons. The zero-order valence-corrected chi connectivity index (χ0v) is 15.7. The van der Waals surface area contributed by atoms with Crippen molar-refractivity contribution in [1.82, 2.24) is 15.2 Å². The molecule has 1 aromatic carbocycles. The molecule has 0 aliphatic heterocycles. The average Bonchev–Trinajstić information content (AvgIpc) is 3.14. The molecule has 0 saturated heterocycles. The summed E-state index contributed by atoms with van der Waals surface area (Å²) in [6.45, 7) is 1.71. The van der Waals surface area contributed by atoms with Gasteiger partial charge in [-0.1, -0.05) is 5.16 Å². The van der Waals surface area contributed by atoms with Gasteiger partial charge in [-0.3, -0.25) is 10.1 Å². The summed E-state index contributed by atoms with van der Waals surface area (Å²) in [4.78, 5) is 22.9. The molecule has 0 atom stereocenters. The van der Waals surface area contributed by atoms with Gasteiger partial charge in [0.2, 0.25) is 10.0 Å². The normalized spacial score (nSPS) is 15.0. The molecule has 28 heavy (non-hydrogen) atoms. The number of hydrogen-bond donors (Lipinski definition) is 5. The van der Waals surface area contributed by atoms with Crippen molar-refractivity contribution in [2.24, 2.45) is 0 Å². The molecule has 1 heterocycles. The molecule has 0 spiro atoms. The van der Waals surface area contributed by atoms with Gasteiger partial charge in [0, 0.05) is 17.3 Å². The predicted molar refractivity (Wildman–Crippen MR) is 98.1 cm³/mol. The molecular formula is C16H19N5O6S. The van der Waals surface area contributed by atoms with E-state index in [4.69, 9.17) is 15.4 Å². The van der Waals surface area contributed by atoms with Crippen LogP contribution in [0.25, 0.3) is 0 Å². The summed E-state index contributed by atoms with van der Waals surface area (Å²) in [5, 5.41) is 16.6. The summed E-state index contributed by atoms with van der Waals surface area (Å²) in [5.41, 5.74) is 5.47. The van der Waals surface area contributed by atoms with Crippen LogP contribution in [0.15, 0.2) is 33.7 Å². The van der Waals surface area contributed by atoms with Crippen LogP contribution in [-0.2, 0) is 16.6 Å². The van der Waals surface area contributed by atoms with E-state index in [1.54, 1.807) is 6.92 Å². The average molecular weight is 409 g/mol. The molecule has 1 aliphatic rings. The Hall–Kier alpha value is -3.12. The van der Waals surface area contributed by atoms with Gasteiger partial charge in [0.25, 0.3) is 5.91 Å². The zero-order valence-electron chi connectivity index (χ0n) is 14.9. The summed E-state index contributed by atoms with van der Waals surface area (Å²) >= 11 is 0. The van der Waals surface area contributed by atoms with Gasteiger partial charge in [0.15, 0.2) is 11.6 Å². The Bertz CT molecular complexity index is 1030. The van der Waals surface area contributed by atoms with Crippen LogP contribution >= 0.6 is 0 Å². The van der Waals surface area contributed by atoms with Gasteiger partial charge < -0.3 is 20.7 Å². The highest BCUT2D eigenvalue weighted by Gasteiger charge is 2.41. The number of carbonyl (C=O) groups is 2. The van der Waals surface area contributed by atoms with Gasteiger partial charge >= 0.3 is 6.09 Å². The molecule has 2 amide bonds. The first-order valence-corrected chi connectivity index (χ1v) is 9.74. The molecule has 1 fully saturated rings. The highest BCUT2D eigenvalue weighted by atomic mass is 32.2. The summed E-state index contributed by atoms with van der Waals surface area (Å²) in [6.07, 6.45) is 0.206. The number of hydrogen-bond acceptors (Lipinski definition) is 7. The maximum atomic E-state index is 12.5. The second-order valence-electron chi connectivity index (χ2n) is 6.71. The fourth-order valence-electron chi connectivity index (χ4n) is 2.40. The fourth-order valence-corrected chi connectivity index (χ4v) is 3.89. The van der Waals surface area contributed by atoms with E-state index in [9.17, 15) is 18.0 Å². The van der Waals surface area contributed by atoms with Gasteiger partial charge in [0.1, 0.15) is 0 Å². The van der Waals surface area contributed by atoms with E-state index < -0.39 is 27.6 Å². The minimum atomic E-state index is -3.78. The number of nitrogens with one attached hydrogen (secondary N) is 3. The minimum absolute atomic E-state index is 0.00720. The predicted octanol–water partition coefficient (Wildman–Crippen LogP) is 1.11. The smallest absolute Gasteiger partial charge is 0.410 e. The lowest BCUT2D eigenvalue weighted by atomic mass is 10.1. The highest BCUT2D eigenvalue weighted by Crippen LogP contribution is 2.36. The Morgan fingerprint density at radius 3 is 2.68 bits per heavy atom. The van der Waals surface area contributed by atoms with Crippen molar-refractivity contribution in [3.8, 4) is 0 Å². The Labute approximate surface area is 160 Å². The van der Waals surface area contributed by atoms with E-state index in [1.807, 2.05) is 5.32 Å². The second kappa shape index (κ2) is 7.13. The maximum Gasteiger partial charge on any atom is 0.410 e. The SMILES string of the molecule is CC1(NS(=O)(=O)c2ccc(N)c(C(=O)NCc3cc(NC(=O)O)no3)c2)CC1. The monoisotopic (exact) mass is 409 g/mol. The van der Waals surface area contributed by atoms with Crippen molar-refractivity contribution in [3.63, 3.8) is 0 Å². The number of benzene rings is 1. The van der Waals surface area contributed by atoms with Crippen molar-refractivity contribution in [2.45, 2.75) is 36.7 Å². The van der Waals surface area contributed by atoms with Crippen LogP contribution in [0.3, 0.4) is 0 Å². The molecule has 2 aromatic rings. The third-order valence-electron chi connectivity index (χ3n) is 4.18.